The molecule has 0 aromatic carbocycles. The van der Waals surface area contributed by atoms with E-state index < -0.39 is 83.8 Å². The lowest BCUT2D eigenvalue weighted by atomic mass is 9.78. The number of cyclic esters (lactones) is 1. The molecule has 0 aromatic rings. The van der Waals surface area contributed by atoms with Gasteiger partial charge in [-0.2, -0.15) is 0 Å². The Labute approximate surface area is 306 Å². The van der Waals surface area contributed by atoms with Crippen LogP contribution in [0.3, 0.4) is 0 Å². The molecule has 0 unspecified atom stereocenters. The number of esters is 1. The molecule has 13 nitrogen and oxygen atoms in total. The van der Waals surface area contributed by atoms with E-state index in [9.17, 15) is 25.2 Å². The molecule has 3 aliphatic rings. The first-order chi connectivity index (χ1) is 23.5. The van der Waals surface area contributed by atoms with Crippen LogP contribution in [0.5, 0.6) is 0 Å². The maximum atomic E-state index is 14.1. The number of hydrogen-bond acceptors (Lipinski definition) is 13. The van der Waals surface area contributed by atoms with E-state index in [4.69, 9.17) is 28.4 Å². The Morgan fingerprint density at radius 1 is 1.02 bits per heavy atom. The minimum Gasteiger partial charge on any atom is -0.459 e. The molecule has 0 bridgehead atoms. The zero-order valence-electron chi connectivity index (χ0n) is 33.7. The summed E-state index contributed by atoms with van der Waals surface area (Å²) in [4.78, 5) is 18.2. The molecule has 0 spiro atoms. The van der Waals surface area contributed by atoms with Crippen molar-refractivity contribution >= 4 is 5.97 Å². The van der Waals surface area contributed by atoms with Gasteiger partial charge in [-0.3, -0.25) is 9.69 Å². The van der Waals surface area contributed by atoms with E-state index in [1.807, 2.05) is 60.7 Å². The van der Waals surface area contributed by atoms with Gasteiger partial charge in [-0.25, -0.2) is 0 Å². The molecule has 298 valence electrons. The highest BCUT2D eigenvalue weighted by Gasteiger charge is 2.51. The number of aliphatic hydroxyl groups is 4. The van der Waals surface area contributed by atoms with Gasteiger partial charge in [0.05, 0.1) is 41.5 Å². The summed E-state index contributed by atoms with van der Waals surface area (Å²) >= 11 is 0. The average Bonchev–Trinajstić information content (AvgIpc) is 3.02. The zero-order valence-corrected chi connectivity index (χ0v) is 33.7. The van der Waals surface area contributed by atoms with Gasteiger partial charge in [0.15, 0.2) is 12.6 Å². The summed E-state index contributed by atoms with van der Waals surface area (Å²) in [6.07, 6.45) is -4.55. The van der Waals surface area contributed by atoms with Gasteiger partial charge in [0.2, 0.25) is 0 Å². The Bertz CT molecular complexity index is 1170. The van der Waals surface area contributed by atoms with Crippen molar-refractivity contribution in [1.29, 1.82) is 0 Å². The lowest BCUT2D eigenvalue weighted by molar-refractivity contribution is -0.318. The van der Waals surface area contributed by atoms with Gasteiger partial charge in [-0.1, -0.05) is 19.4 Å². The number of aliphatic hydroxyl groups excluding tert-OH is 2. The van der Waals surface area contributed by atoms with Crippen molar-refractivity contribution in [3.63, 3.8) is 0 Å². The monoisotopic (exact) mass is 730 g/mol. The number of likely N-dealkylation sites (N-methyl/N-ethyl adjacent to an activating group) is 2. The summed E-state index contributed by atoms with van der Waals surface area (Å²) in [5.74, 6) is -2.25. The van der Waals surface area contributed by atoms with Crippen LogP contribution >= 0.6 is 0 Å². The van der Waals surface area contributed by atoms with E-state index in [2.05, 4.69) is 4.90 Å². The Hall–Kier alpha value is -1.23. The Balaban J connectivity index is 2.17. The van der Waals surface area contributed by atoms with Crippen LogP contribution in [0.4, 0.5) is 0 Å². The quantitative estimate of drug-likeness (QED) is 0.224. The molecule has 16 atom stereocenters. The Morgan fingerprint density at radius 2 is 1.65 bits per heavy atom. The molecule has 51 heavy (non-hydrogen) atoms. The molecule has 4 N–H and O–H groups in total. The third-order valence-electron chi connectivity index (χ3n) is 11.6. The first kappa shape index (κ1) is 44.2. The number of carbonyl (C=O) groups is 1. The standard InChI is InChI=1S/C38H70N2O11/c1-15-28-36(8,44)17-21(2)20-40(13)22(3)18-37(9,45)33(51-35-30(41)27(39(11)12)16-23(4)47-35)24(5)31(25(6)34(43)49-28)50-29-19-38(10,46-14)32(42)26(7)48-29/h17,22-33,35,41-42,44-45H,15-16,18-20H2,1-14H3/b21-17+/t22-,23-,24+,25-,26+,27+,28-,29+,30-,31+,32+,33-,35+,36+,37-,38-/m1/s1. The molecular formula is C38H70N2O11. The van der Waals surface area contributed by atoms with Crippen molar-refractivity contribution in [1.82, 2.24) is 9.80 Å². The highest BCUT2D eigenvalue weighted by Crippen LogP contribution is 2.39. The van der Waals surface area contributed by atoms with E-state index in [0.29, 0.717) is 19.4 Å². The lowest BCUT2D eigenvalue weighted by Gasteiger charge is -2.49. The predicted octanol–water partition coefficient (Wildman–Crippen LogP) is 2.85. The molecule has 0 amide bonds. The lowest BCUT2D eigenvalue weighted by Crippen LogP contribution is -2.60. The summed E-state index contributed by atoms with van der Waals surface area (Å²) in [6, 6.07) is -0.415. The van der Waals surface area contributed by atoms with Crippen LogP contribution in [0.25, 0.3) is 0 Å². The van der Waals surface area contributed by atoms with Crippen LogP contribution in [0.15, 0.2) is 11.6 Å². The fraction of sp³-hybridized carbons (Fsp3) is 0.921. The molecule has 0 aliphatic carbocycles. The van der Waals surface area contributed by atoms with Crippen LogP contribution in [0.2, 0.25) is 0 Å². The van der Waals surface area contributed by atoms with Crippen molar-refractivity contribution < 1.29 is 53.6 Å². The highest BCUT2D eigenvalue weighted by molar-refractivity contribution is 5.73. The highest BCUT2D eigenvalue weighted by atomic mass is 16.7. The predicted molar refractivity (Wildman–Crippen MR) is 193 cm³/mol. The largest absolute Gasteiger partial charge is 0.459 e. The number of hydrogen-bond donors (Lipinski definition) is 4. The second-order valence-electron chi connectivity index (χ2n) is 16.7. The van der Waals surface area contributed by atoms with Crippen molar-refractivity contribution in [2.75, 3.05) is 34.8 Å². The summed E-state index contributed by atoms with van der Waals surface area (Å²) in [6.45, 7) is 18.6. The molecule has 0 aromatic heterocycles. The van der Waals surface area contributed by atoms with Crippen molar-refractivity contribution in [2.45, 2.75) is 179 Å². The number of methoxy groups -OCH3 is 1. The normalized spacial score (nSPS) is 48.3. The first-order valence-corrected chi connectivity index (χ1v) is 18.7. The first-order valence-electron chi connectivity index (χ1n) is 18.7. The van der Waals surface area contributed by atoms with Gasteiger partial charge in [0.1, 0.15) is 23.9 Å². The summed E-state index contributed by atoms with van der Waals surface area (Å²) in [5.41, 5.74) is -3.10. The molecule has 3 aliphatic heterocycles. The van der Waals surface area contributed by atoms with Crippen LogP contribution in [0, 0.1) is 11.8 Å². The molecule has 3 heterocycles. The minimum atomic E-state index is -1.52. The fourth-order valence-corrected chi connectivity index (χ4v) is 8.33. The second-order valence-corrected chi connectivity index (χ2v) is 16.7. The van der Waals surface area contributed by atoms with Gasteiger partial charge in [0, 0.05) is 38.1 Å². The van der Waals surface area contributed by atoms with Crippen LogP contribution < -0.4 is 0 Å². The van der Waals surface area contributed by atoms with Gasteiger partial charge >= 0.3 is 5.97 Å². The van der Waals surface area contributed by atoms with Crippen LogP contribution in [-0.4, -0.2) is 155 Å². The van der Waals surface area contributed by atoms with E-state index >= 15 is 0 Å². The van der Waals surface area contributed by atoms with Gasteiger partial charge in [-0.05, 0) is 102 Å². The smallest absolute Gasteiger partial charge is 0.311 e. The van der Waals surface area contributed by atoms with E-state index in [0.717, 1.165) is 5.57 Å². The van der Waals surface area contributed by atoms with Gasteiger partial charge in [-0.15, -0.1) is 0 Å². The van der Waals surface area contributed by atoms with E-state index in [1.54, 1.807) is 40.7 Å². The molecule has 2 saturated heterocycles. The fourth-order valence-electron chi connectivity index (χ4n) is 8.33. The summed E-state index contributed by atoms with van der Waals surface area (Å²) in [5, 5.41) is 46.5. The second kappa shape index (κ2) is 17.5. The third-order valence-corrected chi connectivity index (χ3v) is 11.6. The molecule has 2 fully saturated rings. The Morgan fingerprint density at radius 3 is 2.22 bits per heavy atom. The molecule has 0 saturated carbocycles. The Kier molecular flexibility index (Phi) is 15.1. The van der Waals surface area contributed by atoms with E-state index in [1.165, 1.54) is 7.11 Å². The molecule has 3 rings (SSSR count). The summed E-state index contributed by atoms with van der Waals surface area (Å²) < 4.78 is 37.6. The van der Waals surface area contributed by atoms with Crippen LogP contribution in [-0.2, 0) is 33.2 Å². The van der Waals surface area contributed by atoms with E-state index in [-0.39, 0.29) is 31.0 Å². The third kappa shape index (κ3) is 10.5. The average molecular weight is 731 g/mol. The van der Waals surface area contributed by atoms with Gasteiger partial charge in [0.25, 0.3) is 0 Å². The topological polar surface area (TPSA) is 160 Å². The maximum absolute atomic E-state index is 14.1. The molecule has 0 radical (unpaired) electrons. The molecule has 13 heteroatoms. The van der Waals surface area contributed by atoms with Crippen LogP contribution in [0.1, 0.15) is 94.9 Å². The zero-order chi connectivity index (χ0) is 38.8. The SMILES string of the molecule is CC[C@H]1OC(=O)[C@H](C)[C@@H](O[C@H]2C[C@@](C)(OC)[C@@H](O)[C@H](C)O2)[C@H](C)[C@@H](O[C@@H]2O[C@H](C)C[C@H](N(C)C)[C@H]2O)[C@](C)(O)C[C@@H](C)N(C)C/C(C)=C/[C@]1(C)O. The molecular weight excluding hydrogens is 660 g/mol. The number of ether oxygens (including phenoxy) is 6. The number of rotatable bonds is 7. The van der Waals surface area contributed by atoms with Crippen molar-refractivity contribution in [3.05, 3.63) is 11.6 Å². The number of carbonyl (C=O) groups excluding carboxylic acids is 1. The maximum Gasteiger partial charge on any atom is 0.311 e. The van der Waals surface area contributed by atoms with Gasteiger partial charge < -0.3 is 53.7 Å². The summed E-state index contributed by atoms with van der Waals surface area (Å²) in [7, 11) is 7.27. The van der Waals surface area contributed by atoms with Crippen molar-refractivity contribution in [2.24, 2.45) is 11.8 Å². The minimum absolute atomic E-state index is 0.159. The number of nitrogens with zero attached hydrogens (tertiary/aromatic N) is 2. The van der Waals surface area contributed by atoms with Crippen molar-refractivity contribution in [3.8, 4) is 0 Å².